The highest BCUT2D eigenvalue weighted by atomic mass is 16.6. The number of nitrogens with zero attached hydrogens (tertiary/aromatic N) is 1. The van der Waals surface area contributed by atoms with Crippen molar-refractivity contribution in [2.75, 3.05) is 6.54 Å². The zero-order chi connectivity index (χ0) is 18.6. The third-order valence-electron chi connectivity index (χ3n) is 3.36. The van der Waals surface area contributed by atoms with Crippen LogP contribution in [0.1, 0.15) is 51.4 Å². The minimum atomic E-state index is -0.952. The van der Waals surface area contributed by atoms with Crippen LogP contribution in [0.2, 0.25) is 0 Å². The molecule has 0 rings (SSSR count). The van der Waals surface area contributed by atoms with Gasteiger partial charge in [0.25, 0.3) is 0 Å². The first-order chi connectivity index (χ1) is 12.1. The molecule has 0 saturated carbocycles. The molecule has 5 heteroatoms. The van der Waals surface area contributed by atoms with Gasteiger partial charge in [-0.2, -0.15) is 0 Å². The van der Waals surface area contributed by atoms with Gasteiger partial charge in [0.2, 0.25) is 6.54 Å². The molecule has 0 aromatic carbocycles. The highest BCUT2D eigenvalue weighted by Crippen LogP contribution is 2.08. The molecule has 0 aromatic rings. The van der Waals surface area contributed by atoms with Gasteiger partial charge in [0.15, 0.2) is 0 Å². The van der Waals surface area contributed by atoms with Gasteiger partial charge in [-0.25, -0.2) is 4.79 Å². The summed E-state index contributed by atoms with van der Waals surface area (Å²) in [6.45, 7) is 0.103. The third kappa shape index (κ3) is 21.6. The number of hydrogen-bond donors (Lipinski definition) is 1. The minimum Gasteiger partial charge on any atom is -0.478 e. The molecule has 0 aliphatic rings. The summed E-state index contributed by atoms with van der Waals surface area (Å²) < 4.78 is 0. The molecule has 0 aliphatic heterocycles. The highest BCUT2D eigenvalue weighted by Gasteiger charge is 1.96. The fraction of sp³-hybridized carbons (Fsp3) is 0.450. The van der Waals surface area contributed by atoms with Gasteiger partial charge in [0.05, 0.1) is 0 Å². The molecule has 25 heavy (non-hydrogen) atoms. The fourth-order valence-electron chi connectivity index (χ4n) is 2.08. The summed E-state index contributed by atoms with van der Waals surface area (Å²) in [6, 6.07) is 0. The molecule has 0 saturated heterocycles. The molecule has 0 aromatic heterocycles. The van der Waals surface area contributed by atoms with E-state index in [0.717, 1.165) is 25.3 Å². The molecule has 0 aliphatic carbocycles. The first-order valence-electron chi connectivity index (χ1n) is 8.81. The lowest BCUT2D eigenvalue weighted by molar-refractivity contribution is -0.480. The van der Waals surface area contributed by atoms with Crippen LogP contribution in [0.25, 0.3) is 0 Å². The van der Waals surface area contributed by atoms with Gasteiger partial charge in [-0.15, -0.1) is 0 Å². The van der Waals surface area contributed by atoms with Crippen molar-refractivity contribution in [2.45, 2.75) is 51.4 Å². The molecule has 1 N–H and O–H groups in total. The summed E-state index contributed by atoms with van der Waals surface area (Å²) in [5.41, 5.74) is 0. The molecule has 0 heterocycles. The number of aliphatic carboxylic acids is 1. The summed E-state index contributed by atoms with van der Waals surface area (Å²) in [5.74, 6) is -0.952. The van der Waals surface area contributed by atoms with Crippen molar-refractivity contribution in [3.63, 3.8) is 0 Å². The zero-order valence-corrected chi connectivity index (χ0v) is 14.8. The molecule has 0 fully saturated rings. The Hall–Kier alpha value is -2.43. The van der Waals surface area contributed by atoms with Crippen LogP contribution >= 0.6 is 0 Å². The summed E-state index contributed by atoms with van der Waals surface area (Å²) >= 11 is 0. The molecule has 0 radical (unpaired) electrons. The maximum atomic E-state index is 10.2. The second kappa shape index (κ2) is 17.9. The van der Waals surface area contributed by atoms with E-state index >= 15 is 0 Å². The summed E-state index contributed by atoms with van der Waals surface area (Å²) in [5, 5.41) is 18.5. The number of hydrogen-bond acceptors (Lipinski definition) is 3. The topological polar surface area (TPSA) is 80.4 Å². The van der Waals surface area contributed by atoms with Crippen LogP contribution in [-0.4, -0.2) is 22.5 Å². The number of unbranched alkanes of at least 4 members (excludes halogenated alkanes) is 7. The fourth-order valence-corrected chi connectivity index (χ4v) is 2.08. The Labute approximate surface area is 150 Å². The molecule has 0 bridgehead atoms. The lowest BCUT2D eigenvalue weighted by Gasteiger charge is -1.99. The third-order valence-corrected chi connectivity index (χ3v) is 3.36. The van der Waals surface area contributed by atoms with Crippen LogP contribution in [0, 0.1) is 10.1 Å². The van der Waals surface area contributed by atoms with Crippen molar-refractivity contribution in [3.8, 4) is 0 Å². The van der Waals surface area contributed by atoms with E-state index in [1.54, 1.807) is 12.2 Å². The normalized spacial score (nSPS) is 12.5. The van der Waals surface area contributed by atoms with Gasteiger partial charge in [-0.3, -0.25) is 10.1 Å². The van der Waals surface area contributed by atoms with Gasteiger partial charge >= 0.3 is 5.97 Å². The highest BCUT2D eigenvalue weighted by molar-refractivity contribution is 5.80. The van der Waals surface area contributed by atoms with Crippen LogP contribution < -0.4 is 0 Å². The predicted octanol–water partition coefficient (Wildman–Crippen LogP) is 5.25. The average Bonchev–Trinajstić information content (AvgIpc) is 2.56. The largest absolute Gasteiger partial charge is 0.478 e. The maximum absolute atomic E-state index is 10.2. The molecule has 0 atom stereocenters. The Morgan fingerprint density at radius 1 is 0.760 bits per heavy atom. The lowest BCUT2D eigenvalue weighted by Crippen LogP contribution is -1.99. The lowest BCUT2D eigenvalue weighted by atomic mass is 10.1. The SMILES string of the molecule is O=C(O)C=CC=CC=CC=CC=CCCCCCCCCC[N+](=O)[O-]. The van der Waals surface area contributed by atoms with Crippen molar-refractivity contribution in [1.82, 2.24) is 0 Å². The van der Waals surface area contributed by atoms with E-state index in [1.807, 2.05) is 30.4 Å². The number of nitro groups is 1. The molecular formula is C20H29NO4. The predicted molar refractivity (Wildman–Crippen MR) is 102 cm³/mol. The van der Waals surface area contributed by atoms with E-state index in [2.05, 4.69) is 6.08 Å². The molecule has 0 unspecified atom stereocenters. The molecule has 138 valence electrons. The average molecular weight is 347 g/mol. The number of allylic oxidation sites excluding steroid dienone is 9. The number of carbonyl (C=O) groups is 1. The van der Waals surface area contributed by atoms with Crippen molar-refractivity contribution < 1.29 is 14.8 Å². The Balaban J connectivity index is 3.45. The van der Waals surface area contributed by atoms with Crippen LogP contribution in [-0.2, 0) is 4.79 Å². The van der Waals surface area contributed by atoms with Gasteiger partial charge in [0.1, 0.15) is 0 Å². The van der Waals surface area contributed by atoms with E-state index in [0.29, 0.717) is 6.42 Å². The van der Waals surface area contributed by atoms with E-state index in [9.17, 15) is 14.9 Å². The number of carboxylic acid groups (broad SMARTS) is 1. The Morgan fingerprint density at radius 2 is 1.24 bits per heavy atom. The standard InChI is InChI=1S/C20H29NO4/c22-20(23)18-16-14-12-10-8-6-4-2-1-3-5-7-9-11-13-15-17-19-21(24)25/h1-2,4,6,8,10,12,14,16,18H,3,5,7,9,11,13,15,17,19H2,(H,22,23). The van der Waals surface area contributed by atoms with Crippen LogP contribution in [0.4, 0.5) is 0 Å². The van der Waals surface area contributed by atoms with E-state index in [-0.39, 0.29) is 11.5 Å². The van der Waals surface area contributed by atoms with Crippen molar-refractivity contribution in [2.24, 2.45) is 0 Å². The Morgan fingerprint density at radius 3 is 1.80 bits per heavy atom. The van der Waals surface area contributed by atoms with Gasteiger partial charge < -0.3 is 5.11 Å². The van der Waals surface area contributed by atoms with E-state index < -0.39 is 5.97 Å². The summed E-state index contributed by atoms with van der Waals surface area (Å²) in [6.07, 6.45) is 26.3. The van der Waals surface area contributed by atoms with Crippen molar-refractivity contribution in [3.05, 3.63) is 70.9 Å². The van der Waals surface area contributed by atoms with E-state index in [4.69, 9.17) is 5.11 Å². The van der Waals surface area contributed by atoms with Crippen molar-refractivity contribution >= 4 is 5.97 Å². The van der Waals surface area contributed by atoms with Crippen LogP contribution in [0.5, 0.6) is 0 Å². The van der Waals surface area contributed by atoms with E-state index in [1.165, 1.54) is 31.8 Å². The summed E-state index contributed by atoms with van der Waals surface area (Å²) in [7, 11) is 0. The Bertz CT molecular complexity index is 502. The monoisotopic (exact) mass is 347 g/mol. The second-order valence-electron chi connectivity index (χ2n) is 5.60. The molecular weight excluding hydrogens is 318 g/mol. The second-order valence-corrected chi connectivity index (χ2v) is 5.60. The number of carboxylic acids is 1. The number of rotatable bonds is 15. The molecule has 0 spiro atoms. The Kier molecular flexibility index (Phi) is 16.2. The smallest absolute Gasteiger partial charge is 0.328 e. The first kappa shape index (κ1) is 22.6. The zero-order valence-electron chi connectivity index (χ0n) is 14.8. The quantitative estimate of drug-likeness (QED) is 0.144. The first-order valence-corrected chi connectivity index (χ1v) is 8.81. The molecule has 5 nitrogen and oxygen atoms in total. The minimum absolute atomic E-state index is 0.103. The van der Waals surface area contributed by atoms with Crippen LogP contribution in [0.3, 0.4) is 0 Å². The maximum Gasteiger partial charge on any atom is 0.328 e. The van der Waals surface area contributed by atoms with Crippen molar-refractivity contribution in [1.29, 1.82) is 0 Å². The van der Waals surface area contributed by atoms with Gasteiger partial charge in [-0.05, 0) is 19.3 Å². The van der Waals surface area contributed by atoms with Crippen LogP contribution in [0.15, 0.2) is 60.8 Å². The van der Waals surface area contributed by atoms with Gasteiger partial charge in [0, 0.05) is 17.4 Å². The van der Waals surface area contributed by atoms with Gasteiger partial charge in [-0.1, -0.05) is 80.4 Å². The molecule has 0 amide bonds. The summed E-state index contributed by atoms with van der Waals surface area (Å²) in [4.78, 5) is 20.1.